The van der Waals surface area contributed by atoms with Crippen molar-refractivity contribution >= 4 is 5.78 Å². The van der Waals surface area contributed by atoms with Gasteiger partial charge in [-0.05, 0) is 18.9 Å². The maximum atomic E-state index is 11.8. The molecule has 0 fully saturated rings. The highest BCUT2D eigenvalue weighted by atomic mass is 16.1. The molecule has 2 aromatic rings. The molecule has 0 atom stereocenters. The Hall–Kier alpha value is -2.03. The number of nitrogens with zero attached hydrogens (tertiary/aromatic N) is 2. The Morgan fingerprint density at radius 3 is 2.88 bits per heavy atom. The molecule has 2 rings (SSSR count). The third-order valence-electron chi connectivity index (χ3n) is 2.57. The number of Topliss-reactive ketones (excluding diaryl/α,β-unsaturated/α-hetero) is 1. The fraction of sp³-hybridized carbons (Fsp3) is 0.214. The maximum Gasteiger partial charge on any atom is 0.183 e. The van der Waals surface area contributed by atoms with Crippen LogP contribution in [0.2, 0.25) is 0 Å². The Labute approximate surface area is 101 Å². The molecule has 17 heavy (non-hydrogen) atoms. The van der Waals surface area contributed by atoms with E-state index in [-0.39, 0.29) is 5.78 Å². The van der Waals surface area contributed by atoms with Gasteiger partial charge in [0.1, 0.15) is 5.69 Å². The third kappa shape index (κ3) is 3.21. The van der Waals surface area contributed by atoms with E-state index in [1.54, 1.807) is 12.4 Å². The van der Waals surface area contributed by atoms with Gasteiger partial charge in [-0.15, -0.1) is 0 Å². The summed E-state index contributed by atoms with van der Waals surface area (Å²) >= 11 is 0. The highest BCUT2D eigenvalue weighted by molar-refractivity contribution is 5.93. The largest absolute Gasteiger partial charge is 0.292 e. The fourth-order valence-electron chi connectivity index (χ4n) is 1.70. The van der Waals surface area contributed by atoms with Gasteiger partial charge in [-0.25, -0.2) is 4.98 Å². The molecule has 86 valence electrons. The molecule has 1 heterocycles. The van der Waals surface area contributed by atoms with Crippen molar-refractivity contribution in [2.45, 2.75) is 19.8 Å². The Morgan fingerprint density at radius 2 is 2.18 bits per heavy atom. The summed E-state index contributed by atoms with van der Waals surface area (Å²) in [5.74, 6) is 0.0413. The SMILES string of the molecule is Cc1cccc(CCC(=O)c2cnccn2)c1. The molecule has 0 unspecified atom stereocenters. The summed E-state index contributed by atoms with van der Waals surface area (Å²) < 4.78 is 0. The van der Waals surface area contributed by atoms with E-state index in [1.807, 2.05) is 25.1 Å². The first-order valence-corrected chi connectivity index (χ1v) is 5.60. The number of hydrogen-bond acceptors (Lipinski definition) is 3. The molecule has 0 aliphatic carbocycles. The van der Waals surface area contributed by atoms with E-state index in [0.29, 0.717) is 12.1 Å². The van der Waals surface area contributed by atoms with Crippen LogP contribution in [0.25, 0.3) is 0 Å². The van der Waals surface area contributed by atoms with Gasteiger partial charge < -0.3 is 0 Å². The molecule has 0 N–H and O–H groups in total. The molecular weight excluding hydrogens is 212 g/mol. The Kier molecular flexibility index (Phi) is 3.60. The van der Waals surface area contributed by atoms with Gasteiger partial charge in [0, 0.05) is 18.8 Å². The van der Waals surface area contributed by atoms with Crippen molar-refractivity contribution < 1.29 is 4.79 Å². The van der Waals surface area contributed by atoms with Crippen LogP contribution < -0.4 is 0 Å². The molecule has 0 saturated carbocycles. The van der Waals surface area contributed by atoms with Crippen molar-refractivity contribution in [3.63, 3.8) is 0 Å². The molecule has 1 aromatic carbocycles. The fourth-order valence-corrected chi connectivity index (χ4v) is 1.70. The highest BCUT2D eigenvalue weighted by Crippen LogP contribution is 2.08. The highest BCUT2D eigenvalue weighted by Gasteiger charge is 2.07. The zero-order valence-electron chi connectivity index (χ0n) is 9.76. The van der Waals surface area contributed by atoms with Gasteiger partial charge in [0.15, 0.2) is 5.78 Å². The predicted molar refractivity (Wildman–Crippen MR) is 65.9 cm³/mol. The molecule has 0 amide bonds. The average molecular weight is 226 g/mol. The second-order valence-electron chi connectivity index (χ2n) is 4.00. The van der Waals surface area contributed by atoms with Crippen LogP contribution in [0.5, 0.6) is 0 Å². The molecule has 0 spiro atoms. The molecule has 3 nitrogen and oxygen atoms in total. The lowest BCUT2D eigenvalue weighted by Crippen LogP contribution is -2.04. The summed E-state index contributed by atoms with van der Waals surface area (Å²) in [5, 5.41) is 0. The average Bonchev–Trinajstić information content (AvgIpc) is 2.37. The van der Waals surface area contributed by atoms with Crippen LogP contribution >= 0.6 is 0 Å². The lowest BCUT2D eigenvalue weighted by atomic mass is 10.0. The molecule has 1 aromatic heterocycles. The predicted octanol–water partition coefficient (Wildman–Crippen LogP) is 2.60. The van der Waals surface area contributed by atoms with Crippen molar-refractivity contribution in [2.75, 3.05) is 0 Å². The minimum atomic E-state index is 0.0413. The molecule has 3 heteroatoms. The minimum absolute atomic E-state index is 0.0413. The quantitative estimate of drug-likeness (QED) is 0.752. The van der Waals surface area contributed by atoms with Gasteiger partial charge in [-0.1, -0.05) is 29.8 Å². The first kappa shape index (κ1) is 11.5. The first-order valence-electron chi connectivity index (χ1n) is 5.60. The Morgan fingerprint density at radius 1 is 1.29 bits per heavy atom. The van der Waals surface area contributed by atoms with Crippen LogP contribution in [0.4, 0.5) is 0 Å². The standard InChI is InChI=1S/C14H14N2O/c1-11-3-2-4-12(9-11)5-6-14(17)13-10-15-7-8-16-13/h2-4,7-10H,5-6H2,1H3. The van der Waals surface area contributed by atoms with Gasteiger partial charge >= 0.3 is 0 Å². The molecule has 0 radical (unpaired) electrons. The van der Waals surface area contributed by atoms with Crippen LogP contribution in [-0.4, -0.2) is 15.8 Å². The number of rotatable bonds is 4. The van der Waals surface area contributed by atoms with Crippen molar-refractivity contribution in [1.82, 2.24) is 9.97 Å². The summed E-state index contributed by atoms with van der Waals surface area (Å²) in [4.78, 5) is 19.7. The lowest BCUT2D eigenvalue weighted by Gasteiger charge is -2.02. The first-order chi connectivity index (χ1) is 8.25. The van der Waals surface area contributed by atoms with Crippen LogP contribution in [0, 0.1) is 6.92 Å². The normalized spacial score (nSPS) is 10.2. The van der Waals surface area contributed by atoms with E-state index in [9.17, 15) is 4.79 Å². The number of hydrogen-bond donors (Lipinski definition) is 0. The summed E-state index contributed by atoms with van der Waals surface area (Å²) in [6, 6.07) is 8.20. The van der Waals surface area contributed by atoms with Crippen LogP contribution in [0.1, 0.15) is 28.0 Å². The van der Waals surface area contributed by atoms with Gasteiger partial charge in [0.25, 0.3) is 0 Å². The van der Waals surface area contributed by atoms with Gasteiger partial charge in [0.2, 0.25) is 0 Å². The summed E-state index contributed by atoms with van der Waals surface area (Å²) in [5.41, 5.74) is 2.84. The van der Waals surface area contributed by atoms with E-state index in [2.05, 4.69) is 16.0 Å². The third-order valence-corrected chi connectivity index (χ3v) is 2.57. The van der Waals surface area contributed by atoms with E-state index in [4.69, 9.17) is 0 Å². The van der Waals surface area contributed by atoms with E-state index in [1.165, 1.54) is 17.3 Å². The lowest BCUT2D eigenvalue weighted by molar-refractivity contribution is 0.0977. The molecule has 0 bridgehead atoms. The summed E-state index contributed by atoms with van der Waals surface area (Å²) in [6.45, 7) is 2.05. The summed E-state index contributed by atoms with van der Waals surface area (Å²) in [7, 11) is 0. The zero-order valence-corrected chi connectivity index (χ0v) is 9.76. The van der Waals surface area contributed by atoms with Gasteiger partial charge in [-0.2, -0.15) is 0 Å². The number of ketones is 1. The van der Waals surface area contributed by atoms with Crippen LogP contribution in [0.15, 0.2) is 42.9 Å². The molecule has 0 saturated heterocycles. The van der Waals surface area contributed by atoms with Gasteiger partial charge in [-0.3, -0.25) is 9.78 Å². The van der Waals surface area contributed by atoms with Crippen LogP contribution in [0.3, 0.4) is 0 Å². The maximum absolute atomic E-state index is 11.8. The Balaban J connectivity index is 1.97. The monoisotopic (exact) mass is 226 g/mol. The second kappa shape index (κ2) is 5.34. The van der Waals surface area contributed by atoms with Crippen molar-refractivity contribution in [3.8, 4) is 0 Å². The molecular formula is C14H14N2O. The molecule has 0 aliphatic heterocycles. The van der Waals surface area contributed by atoms with Crippen molar-refractivity contribution in [1.29, 1.82) is 0 Å². The smallest absolute Gasteiger partial charge is 0.183 e. The summed E-state index contributed by atoms with van der Waals surface area (Å²) in [6.07, 6.45) is 5.84. The Bertz CT molecular complexity index is 509. The zero-order chi connectivity index (χ0) is 12.1. The second-order valence-corrected chi connectivity index (χ2v) is 4.00. The molecule has 0 aliphatic rings. The van der Waals surface area contributed by atoms with Crippen LogP contribution in [-0.2, 0) is 6.42 Å². The van der Waals surface area contributed by atoms with E-state index >= 15 is 0 Å². The van der Waals surface area contributed by atoms with E-state index in [0.717, 1.165) is 6.42 Å². The van der Waals surface area contributed by atoms with Gasteiger partial charge in [0.05, 0.1) is 6.20 Å². The number of benzene rings is 1. The number of carbonyl (C=O) groups is 1. The van der Waals surface area contributed by atoms with Crippen molar-refractivity contribution in [3.05, 3.63) is 59.7 Å². The topological polar surface area (TPSA) is 42.9 Å². The minimum Gasteiger partial charge on any atom is -0.292 e. The number of aromatic nitrogens is 2. The van der Waals surface area contributed by atoms with E-state index < -0.39 is 0 Å². The number of aryl methyl sites for hydroxylation is 2. The van der Waals surface area contributed by atoms with Crippen molar-refractivity contribution in [2.24, 2.45) is 0 Å². The number of carbonyl (C=O) groups excluding carboxylic acids is 1.